The van der Waals surface area contributed by atoms with E-state index in [1.165, 1.54) is 0 Å². The number of amides is 1. The molecule has 128 valence electrons. The van der Waals surface area contributed by atoms with Crippen molar-refractivity contribution in [3.63, 3.8) is 0 Å². The first-order valence-corrected chi connectivity index (χ1v) is 7.60. The maximum atomic E-state index is 12.5. The van der Waals surface area contributed by atoms with Crippen molar-refractivity contribution in [2.24, 2.45) is 11.1 Å². The van der Waals surface area contributed by atoms with Gasteiger partial charge in [-0.15, -0.1) is 0 Å². The summed E-state index contributed by atoms with van der Waals surface area (Å²) in [6.07, 6.45) is -4.09. The molecule has 0 radical (unpaired) electrons. The molecule has 0 spiro atoms. The lowest BCUT2D eigenvalue weighted by atomic mass is 9.79. The maximum Gasteiger partial charge on any atom is 0.389 e. The van der Waals surface area contributed by atoms with Crippen LogP contribution in [0.1, 0.15) is 24.8 Å². The second-order valence-electron chi connectivity index (χ2n) is 5.87. The number of nitrogens with two attached hydrogens (primary N) is 1. The summed E-state index contributed by atoms with van der Waals surface area (Å²) in [6, 6.07) is 6.50. The average molecular weight is 330 g/mol. The highest BCUT2D eigenvalue weighted by Gasteiger charge is 2.38. The van der Waals surface area contributed by atoms with Gasteiger partial charge in [-0.1, -0.05) is 12.1 Å². The van der Waals surface area contributed by atoms with Gasteiger partial charge in [-0.05, 0) is 37.0 Å². The van der Waals surface area contributed by atoms with Gasteiger partial charge in [-0.25, -0.2) is 0 Å². The fourth-order valence-corrected chi connectivity index (χ4v) is 2.64. The summed E-state index contributed by atoms with van der Waals surface area (Å²) < 4.78 is 42.2. The van der Waals surface area contributed by atoms with Crippen LogP contribution < -0.4 is 11.1 Å². The molecule has 1 saturated heterocycles. The third kappa shape index (κ3) is 4.94. The molecule has 7 heteroatoms. The van der Waals surface area contributed by atoms with Crippen molar-refractivity contribution >= 4 is 11.6 Å². The van der Waals surface area contributed by atoms with Crippen LogP contribution in [0.15, 0.2) is 24.3 Å². The Morgan fingerprint density at radius 2 is 2.00 bits per heavy atom. The van der Waals surface area contributed by atoms with Crippen LogP contribution in [-0.2, 0) is 16.0 Å². The van der Waals surface area contributed by atoms with Crippen molar-refractivity contribution in [3.8, 4) is 0 Å². The minimum Gasteiger partial charge on any atom is -0.381 e. The van der Waals surface area contributed by atoms with E-state index in [1.54, 1.807) is 24.3 Å². The molecule has 1 heterocycles. The standard InChI is InChI=1S/C16H21F3N2O2/c17-16(18,19)5-4-12-2-1-3-13(10-12)21-14(22)15(11-20)6-8-23-9-7-15/h1-3,10H,4-9,11,20H2,(H,21,22). The molecule has 1 aromatic rings. The number of carbonyl (C=O) groups excluding carboxylic acids is 1. The summed E-state index contributed by atoms with van der Waals surface area (Å²) in [5.41, 5.74) is 6.14. The smallest absolute Gasteiger partial charge is 0.381 e. The van der Waals surface area contributed by atoms with E-state index in [1.807, 2.05) is 0 Å². The molecule has 1 amide bonds. The molecule has 23 heavy (non-hydrogen) atoms. The Morgan fingerprint density at radius 3 is 2.61 bits per heavy atom. The molecule has 0 saturated carbocycles. The molecule has 1 fully saturated rings. The van der Waals surface area contributed by atoms with Crippen LogP contribution in [0.4, 0.5) is 18.9 Å². The van der Waals surface area contributed by atoms with Crippen molar-refractivity contribution in [3.05, 3.63) is 29.8 Å². The van der Waals surface area contributed by atoms with Crippen LogP contribution in [0.2, 0.25) is 0 Å². The summed E-state index contributed by atoms with van der Waals surface area (Å²) in [6.45, 7) is 1.18. The van der Waals surface area contributed by atoms with Crippen molar-refractivity contribution < 1.29 is 22.7 Å². The van der Waals surface area contributed by atoms with Crippen LogP contribution in [-0.4, -0.2) is 31.8 Å². The number of carbonyl (C=O) groups is 1. The van der Waals surface area contributed by atoms with Gasteiger partial charge in [0.2, 0.25) is 5.91 Å². The minimum absolute atomic E-state index is 0.108. The Balaban J connectivity index is 2.03. The molecule has 0 unspecified atom stereocenters. The lowest BCUT2D eigenvalue weighted by molar-refractivity contribution is -0.134. The summed E-state index contributed by atoms with van der Waals surface area (Å²) in [5, 5.41) is 2.79. The predicted molar refractivity (Wildman–Crippen MR) is 81.0 cm³/mol. The maximum absolute atomic E-state index is 12.5. The number of rotatable bonds is 5. The second-order valence-corrected chi connectivity index (χ2v) is 5.87. The first-order valence-electron chi connectivity index (χ1n) is 7.60. The molecule has 1 aliphatic heterocycles. The Hall–Kier alpha value is -1.60. The zero-order chi connectivity index (χ0) is 16.9. The summed E-state index contributed by atoms with van der Waals surface area (Å²) in [4.78, 5) is 12.5. The van der Waals surface area contributed by atoms with Gasteiger partial charge in [0.25, 0.3) is 0 Å². The molecule has 2 rings (SSSR count). The SMILES string of the molecule is NCC1(C(=O)Nc2cccc(CCC(F)(F)F)c2)CCOCC1. The fourth-order valence-electron chi connectivity index (χ4n) is 2.64. The highest BCUT2D eigenvalue weighted by Crippen LogP contribution is 2.31. The van der Waals surface area contributed by atoms with E-state index in [0.717, 1.165) is 0 Å². The third-order valence-electron chi connectivity index (χ3n) is 4.20. The van der Waals surface area contributed by atoms with Crippen LogP contribution in [0.3, 0.4) is 0 Å². The average Bonchev–Trinajstić information content (AvgIpc) is 2.53. The van der Waals surface area contributed by atoms with Crippen LogP contribution >= 0.6 is 0 Å². The van der Waals surface area contributed by atoms with E-state index in [0.29, 0.717) is 37.3 Å². The van der Waals surface area contributed by atoms with Crippen LogP contribution in [0.5, 0.6) is 0 Å². The summed E-state index contributed by atoms with van der Waals surface area (Å²) in [7, 11) is 0. The number of hydrogen-bond donors (Lipinski definition) is 2. The molecule has 4 nitrogen and oxygen atoms in total. The molecule has 3 N–H and O–H groups in total. The van der Waals surface area contributed by atoms with Gasteiger partial charge in [-0.2, -0.15) is 13.2 Å². The highest BCUT2D eigenvalue weighted by molar-refractivity contribution is 5.95. The van der Waals surface area contributed by atoms with E-state index in [9.17, 15) is 18.0 Å². The van der Waals surface area contributed by atoms with E-state index < -0.39 is 18.0 Å². The predicted octanol–water partition coefficient (Wildman–Crippen LogP) is 2.88. The lowest BCUT2D eigenvalue weighted by Gasteiger charge is -2.34. The zero-order valence-corrected chi connectivity index (χ0v) is 12.8. The molecule has 0 bridgehead atoms. The normalized spacial score (nSPS) is 17.7. The van der Waals surface area contributed by atoms with Crippen molar-refractivity contribution in [1.29, 1.82) is 0 Å². The molecule has 0 atom stereocenters. The van der Waals surface area contributed by atoms with Gasteiger partial charge in [0.05, 0.1) is 5.41 Å². The van der Waals surface area contributed by atoms with Gasteiger partial charge in [0, 0.05) is 31.9 Å². The van der Waals surface area contributed by atoms with Crippen LogP contribution in [0.25, 0.3) is 0 Å². The Morgan fingerprint density at radius 1 is 1.30 bits per heavy atom. The number of benzene rings is 1. The molecular formula is C16H21F3N2O2. The molecule has 1 aromatic carbocycles. The summed E-state index contributed by atoms with van der Waals surface area (Å²) >= 11 is 0. The lowest BCUT2D eigenvalue weighted by Crippen LogP contribution is -2.46. The Kier molecular flexibility index (Phi) is 5.64. The number of aryl methyl sites for hydroxylation is 1. The van der Waals surface area contributed by atoms with Crippen molar-refractivity contribution in [1.82, 2.24) is 0 Å². The van der Waals surface area contributed by atoms with E-state index in [2.05, 4.69) is 5.32 Å². The molecule has 1 aliphatic rings. The highest BCUT2D eigenvalue weighted by atomic mass is 19.4. The monoisotopic (exact) mass is 330 g/mol. The van der Waals surface area contributed by atoms with Gasteiger partial charge in [-0.3, -0.25) is 4.79 Å². The topological polar surface area (TPSA) is 64.4 Å². The number of ether oxygens (including phenoxy) is 1. The molecule has 0 aliphatic carbocycles. The number of halogens is 3. The van der Waals surface area contributed by atoms with Gasteiger partial charge in [0.15, 0.2) is 0 Å². The van der Waals surface area contributed by atoms with Crippen molar-refractivity contribution in [2.45, 2.75) is 31.9 Å². The molecule has 0 aromatic heterocycles. The fraction of sp³-hybridized carbons (Fsp3) is 0.562. The first kappa shape index (κ1) is 17.7. The zero-order valence-electron chi connectivity index (χ0n) is 12.8. The van der Waals surface area contributed by atoms with Crippen molar-refractivity contribution in [2.75, 3.05) is 25.1 Å². The quantitative estimate of drug-likeness (QED) is 0.872. The third-order valence-corrected chi connectivity index (χ3v) is 4.20. The first-order chi connectivity index (χ1) is 10.8. The number of anilines is 1. The van der Waals surface area contributed by atoms with Gasteiger partial charge >= 0.3 is 6.18 Å². The largest absolute Gasteiger partial charge is 0.389 e. The summed E-state index contributed by atoms with van der Waals surface area (Å²) in [5.74, 6) is -0.198. The molecular weight excluding hydrogens is 309 g/mol. The Labute approximate surface area is 133 Å². The number of nitrogens with one attached hydrogen (secondary N) is 1. The van der Waals surface area contributed by atoms with Gasteiger partial charge in [0.1, 0.15) is 0 Å². The van der Waals surface area contributed by atoms with E-state index in [4.69, 9.17) is 10.5 Å². The van der Waals surface area contributed by atoms with Gasteiger partial charge < -0.3 is 15.8 Å². The van der Waals surface area contributed by atoms with E-state index in [-0.39, 0.29) is 18.9 Å². The Bertz CT molecular complexity index is 540. The minimum atomic E-state index is -4.19. The van der Waals surface area contributed by atoms with Crippen LogP contribution in [0, 0.1) is 5.41 Å². The second kappa shape index (κ2) is 7.31. The number of alkyl halides is 3. The van der Waals surface area contributed by atoms with E-state index >= 15 is 0 Å². The number of hydrogen-bond acceptors (Lipinski definition) is 3.